The molecular weight excluding hydrogens is 316 g/mol. The molecule has 2 aromatic carbocycles. The van der Waals surface area contributed by atoms with Gasteiger partial charge < -0.3 is 4.90 Å². The molecule has 0 amide bonds. The van der Waals surface area contributed by atoms with Crippen LogP contribution in [0.4, 0.5) is 17.1 Å². The van der Waals surface area contributed by atoms with Crippen LogP contribution in [0.3, 0.4) is 0 Å². The SMILES string of the molecule is Cc1cccc2c1CCN2c1cccc(S(C)(=O)=O)c1[N+](=O)[O-]. The quantitative estimate of drug-likeness (QED) is 0.637. The van der Waals surface area contributed by atoms with Gasteiger partial charge in [0.15, 0.2) is 9.84 Å². The molecule has 23 heavy (non-hydrogen) atoms. The molecule has 6 nitrogen and oxygen atoms in total. The molecule has 0 saturated carbocycles. The summed E-state index contributed by atoms with van der Waals surface area (Å²) in [4.78, 5) is 12.5. The third kappa shape index (κ3) is 2.57. The van der Waals surface area contributed by atoms with Crippen LogP contribution in [0, 0.1) is 17.0 Å². The Labute approximate surface area is 134 Å². The average molecular weight is 332 g/mol. The summed E-state index contributed by atoms with van der Waals surface area (Å²) < 4.78 is 23.8. The molecule has 7 heteroatoms. The van der Waals surface area contributed by atoms with Gasteiger partial charge in [0.2, 0.25) is 0 Å². The van der Waals surface area contributed by atoms with E-state index in [0.29, 0.717) is 12.2 Å². The topological polar surface area (TPSA) is 80.5 Å². The molecule has 0 N–H and O–H groups in total. The van der Waals surface area contributed by atoms with Crippen LogP contribution in [0.25, 0.3) is 0 Å². The number of nitro benzene ring substituents is 1. The lowest BCUT2D eigenvalue weighted by Gasteiger charge is -2.20. The molecule has 3 rings (SSSR count). The second kappa shape index (κ2) is 5.34. The van der Waals surface area contributed by atoms with Gasteiger partial charge in [-0.25, -0.2) is 8.42 Å². The van der Waals surface area contributed by atoms with Crippen LogP contribution in [-0.2, 0) is 16.3 Å². The summed E-state index contributed by atoms with van der Waals surface area (Å²) in [5.74, 6) is 0. The zero-order valence-electron chi connectivity index (χ0n) is 12.8. The number of sulfone groups is 1. The fourth-order valence-corrected chi connectivity index (χ4v) is 3.93. The van der Waals surface area contributed by atoms with Gasteiger partial charge in [-0.3, -0.25) is 10.1 Å². The molecule has 0 radical (unpaired) electrons. The van der Waals surface area contributed by atoms with Gasteiger partial charge in [0, 0.05) is 18.5 Å². The van der Waals surface area contributed by atoms with E-state index in [-0.39, 0.29) is 10.6 Å². The molecule has 0 atom stereocenters. The first kappa shape index (κ1) is 15.5. The highest BCUT2D eigenvalue weighted by Gasteiger charge is 2.32. The van der Waals surface area contributed by atoms with Crippen molar-refractivity contribution in [3.63, 3.8) is 0 Å². The molecule has 0 aliphatic carbocycles. The lowest BCUT2D eigenvalue weighted by molar-refractivity contribution is -0.387. The fraction of sp³-hybridized carbons (Fsp3) is 0.250. The summed E-state index contributed by atoms with van der Waals surface area (Å²) in [5, 5.41) is 11.5. The summed E-state index contributed by atoms with van der Waals surface area (Å²) in [6, 6.07) is 10.2. The molecule has 1 aliphatic rings. The maximum absolute atomic E-state index is 11.9. The minimum atomic E-state index is -3.68. The number of aryl methyl sites for hydroxylation is 1. The lowest BCUT2D eigenvalue weighted by atomic mass is 10.1. The Morgan fingerprint density at radius 1 is 1.13 bits per heavy atom. The third-order valence-corrected chi connectivity index (χ3v) is 5.24. The van der Waals surface area contributed by atoms with Crippen LogP contribution in [-0.4, -0.2) is 26.1 Å². The van der Waals surface area contributed by atoms with Gasteiger partial charge in [-0.1, -0.05) is 18.2 Å². The molecule has 120 valence electrons. The maximum Gasteiger partial charge on any atom is 0.311 e. The molecule has 0 aromatic heterocycles. The van der Waals surface area contributed by atoms with Crippen molar-refractivity contribution in [1.29, 1.82) is 0 Å². The van der Waals surface area contributed by atoms with E-state index in [0.717, 1.165) is 29.5 Å². The molecule has 1 heterocycles. The van der Waals surface area contributed by atoms with Crippen molar-refractivity contribution in [1.82, 2.24) is 0 Å². The number of rotatable bonds is 3. The van der Waals surface area contributed by atoms with E-state index < -0.39 is 14.8 Å². The van der Waals surface area contributed by atoms with Crippen molar-refractivity contribution >= 4 is 26.9 Å². The summed E-state index contributed by atoms with van der Waals surface area (Å²) in [5.41, 5.74) is 3.14. The Hall–Kier alpha value is -2.41. The molecule has 0 bridgehead atoms. The molecule has 1 aliphatic heterocycles. The zero-order chi connectivity index (χ0) is 16.8. The minimum Gasteiger partial charge on any atom is -0.335 e. The van der Waals surface area contributed by atoms with Crippen molar-refractivity contribution in [3.05, 3.63) is 57.6 Å². The molecular formula is C16H16N2O4S. The normalized spacial score (nSPS) is 13.9. The van der Waals surface area contributed by atoms with Crippen molar-refractivity contribution in [2.75, 3.05) is 17.7 Å². The van der Waals surface area contributed by atoms with E-state index in [1.54, 1.807) is 12.1 Å². The summed E-state index contributed by atoms with van der Waals surface area (Å²) in [6.07, 6.45) is 1.77. The Kier molecular flexibility index (Phi) is 3.60. The Balaban J connectivity index is 2.24. The Morgan fingerprint density at radius 3 is 2.43 bits per heavy atom. The first-order chi connectivity index (χ1) is 10.8. The number of hydrogen-bond donors (Lipinski definition) is 0. The van der Waals surface area contributed by atoms with E-state index in [2.05, 4.69) is 0 Å². The Morgan fingerprint density at radius 2 is 1.78 bits per heavy atom. The van der Waals surface area contributed by atoms with Gasteiger partial charge in [-0.2, -0.15) is 0 Å². The highest BCUT2D eigenvalue weighted by Crippen LogP contribution is 2.42. The van der Waals surface area contributed by atoms with Crippen LogP contribution in [0.15, 0.2) is 41.3 Å². The number of para-hydroxylation sites is 1. The monoisotopic (exact) mass is 332 g/mol. The van der Waals surface area contributed by atoms with Crippen molar-refractivity contribution in [2.24, 2.45) is 0 Å². The molecule has 0 fully saturated rings. The van der Waals surface area contributed by atoms with Gasteiger partial charge in [-0.05, 0) is 42.7 Å². The van der Waals surface area contributed by atoms with Gasteiger partial charge in [0.05, 0.1) is 4.92 Å². The van der Waals surface area contributed by atoms with Gasteiger partial charge in [0.1, 0.15) is 10.6 Å². The van der Waals surface area contributed by atoms with E-state index in [1.165, 1.54) is 6.07 Å². The molecule has 0 unspecified atom stereocenters. The van der Waals surface area contributed by atoms with Crippen LogP contribution in [0.1, 0.15) is 11.1 Å². The predicted octanol–water partition coefficient (Wildman–Crippen LogP) is 3.00. The van der Waals surface area contributed by atoms with Crippen molar-refractivity contribution < 1.29 is 13.3 Å². The highest BCUT2D eigenvalue weighted by atomic mass is 32.2. The smallest absolute Gasteiger partial charge is 0.311 e. The second-order valence-electron chi connectivity index (χ2n) is 5.63. The molecule has 0 saturated heterocycles. The van der Waals surface area contributed by atoms with Crippen LogP contribution >= 0.6 is 0 Å². The third-order valence-electron chi connectivity index (χ3n) is 4.11. The van der Waals surface area contributed by atoms with Crippen LogP contribution < -0.4 is 4.90 Å². The summed E-state index contributed by atoms with van der Waals surface area (Å²) in [7, 11) is -3.68. The van der Waals surface area contributed by atoms with Gasteiger partial charge >= 0.3 is 5.69 Å². The highest BCUT2D eigenvalue weighted by molar-refractivity contribution is 7.90. The predicted molar refractivity (Wildman–Crippen MR) is 88.1 cm³/mol. The minimum absolute atomic E-state index is 0.249. The fourth-order valence-electron chi connectivity index (χ4n) is 3.07. The van der Waals surface area contributed by atoms with E-state index in [1.807, 2.05) is 30.0 Å². The number of nitrogens with zero attached hydrogens (tertiary/aromatic N) is 2. The standard InChI is InChI=1S/C16H16N2O4S/c1-11-5-3-6-13-12(11)9-10-17(13)14-7-4-8-15(23(2,21)22)16(14)18(19)20/h3-8H,9-10H2,1-2H3. The number of fused-ring (bicyclic) bond motifs is 1. The summed E-state index contributed by atoms with van der Waals surface area (Å²) >= 11 is 0. The number of benzene rings is 2. The number of anilines is 2. The second-order valence-corrected chi connectivity index (χ2v) is 7.61. The van der Waals surface area contributed by atoms with Gasteiger partial charge in [0.25, 0.3) is 0 Å². The summed E-state index contributed by atoms with van der Waals surface area (Å²) in [6.45, 7) is 2.60. The van der Waals surface area contributed by atoms with Crippen molar-refractivity contribution in [2.45, 2.75) is 18.2 Å². The first-order valence-corrected chi connectivity index (χ1v) is 9.03. The molecule has 2 aromatic rings. The van der Waals surface area contributed by atoms with Crippen LogP contribution in [0.2, 0.25) is 0 Å². The number of nitro groups is 1. The zero-order valence-corrected chi connectivity index (χ0v) is 13.6. The Bertz CT molecular complexity index is 906. The molecule has 0 spiro atoms. The van der Waals surface area contributed by atoms with Gasteiger partial charge in [-0.15, -0.1) is 0 Å². The van der Waals surface area contributed by atoms with E-state index >= 15 is 0 Å². The van der Waals surface area contributed by atoms with Crippen LogP contribution in [0.5, 0.6) is 0 Å². The lowest BCUT2D eigenvalue weighted by Crippen LogP contribution is -2.16. The van der Waals surface area contributed by atoms with Crippen molar-refractivity contribution in [3.8, 4) is 0 Å². The number of hydrogen-bond acceptors (Lipinski definition) is 5. The largest absolute Gasteiger partial charge is 0.335 e. The van der Waals surface area contributed by atoms with E-state index in [4.69, 9.17) is 0 Å². The average Bonchev–Trinajstić information content (AvgIpc) is 2.90. The van der Waals surface area contributed by atoms with E-state index in [9.17, 15) is 18.5 Å². The first-order valence-electron chi connectivity index (χ1n) is 7.14. The maximum atomic E-state index is 11.9.